The molecule has 0 aliphatic carbocycles. The Balaban J connectivity index is 1.93. The van der Waals surface area contributed by atoms with Gasteiger partial charge in [0.1, 0.15) is 0 Å². The molecule has 17 heavy (non-hydrogen) atoms. The summed E-state index contributed by atoms with van der Waals surface area (Å²) < 4.78 is 1.83. The van der Waals surface area contributed by atoms with Gasteiger partial charge in [-0.25, -0.2) is 0 Å². The van der Waals surface area contributed by atoms with Gasteiger partial charge in [-0.15, -0.1) is 5.10 Å². The zero-order chi connectivity index (χ0) is 12.1. The highest BCUT2D eigenvalue weighted by molar-refractivity contribution is 4.93. The van der Waals surface area contributed by atoms with Gasteiger partial charge in [0.05, 0.1) is 12.2 Å². The molecule has 0 aromatic carbocycles. The summed E-state index contributed by atoms with van der Waals surface area (Å²) in [5.74, 6) is 0. The molecular weight excluding hydrogens is 214 g/mol. The molecule has 1 aliphatic rings. The van der Waals surface area contributed by atoms with E-state index in [0.29, 0.717) is 12.6 Å². The quantitative estimate of drug-likeness (QED) is 0.848. The molecule has 5 nitrogen and oxygen atoms in total. The molecule has 1 aromatic rings. The number of rotatable bonds is 4. The molecule has 5 heteroatoms. The summed E-state index contributed by atoms with van der Waals surface area (Å²) in [7, 11) is 0. The highest BCUT2D eigenvalue weighted by atomic mass is 15.4. The summed E-state index contributed by atoms with van der Waals surface area (Å²) >= 11 is 0. The van der Waals surface area contributed by atoms with E-state index in [9.17, 15) is 0 Å². The molecule has 0 amide bonds. The summed E-state index contributed by atoms with van der Waals surface area (Å²) in [5, 5.41) is 8.29. The van der Waals surface area contributed by atoms with E-state index >= 15 is 0 Å². The highest BCUT2D eigenvalue weighted by Crippen LogP contribution is 2.17. The van der Waals surface area contributed by atoms with Crippen LogP contribution in [0.15, 0.2) is 6.20 Å². The van der Waals surface area contributed by atoms with Crippen molar-refractivity contribution in [2.75, 3.05) is 13.1 Å². The largest absolute Gasteiger partial charge is 0.329 e. The van der Waals surface area contributed by atoms with E-state index in [0.717, 1.165) is 18.8 Å². The van der Waals surface area contributed by atoms with Crippen LogP contribution in [0.4, 0.5) is 0 Å². The first kappa shape index (κ1) is 12.5. The minimum absolute atomic E-state index is 0.614. The first-order valence-corrected chi connectivity index (χ1v) is 6.62. The van der Waals surface area contributed by atoms with E-state index in [2.05, 4.69) is 22.1 Å². The van der Waals surface area contributed by atoms with Gasteiger partial charge in [0.15, 0.2) is 0 Å². The minimum Gasteiger partial charge on any atom is -0.329 e. The Morgan fingerprint density at radius 2 is 2.29 bits per heavy atom. The maximum Gasteiger partial charge on any atom is 0.0967 e. The van der Waals surface area contributed by atoms with Crippen molar-refractivity contribution in [3.63, 3.8) is 0 Å². The molecule has 1 fully saturated rings. The predicted molar refractivity (Wildman–Crippen MR) is 67.4 cm³/mol. The molecule has 1 saturated heterocycles. The highest BCUT2D eigenvalue weighted by Gasteiger charge is 2.17. The van der Waals surface area contributed by atoms with Crippen LogP contribution in [-0.4, -0.2) is 39.0 Å². The number of nitrogens with zero attached hydrogens (tertiary/aromatic N) is 4. The van der Waals surface area contributed by atoms with Crippen molar-refractivity contribution in [2.45, 2.75) is 51.7 Å². The van der Waals surface area contributed by atoms with Crippen LogP contribution in [-0.2, 0) is 13.1 Å². The van der Waals surface area contributed by atoms with Gasteiger partial charge in [-0.05, 0) is 26.3 Å². The molecule has 1 atom stereocenters. The molecule has 1 unspecified atom stereocenters. The van der Waals surface area contributed by atoms with Crippen LogP contribution in [0.3, 0.4) is 0 Å². The smallest absolute Gasteiger partial charge is 0.0967 e. The van der Waals surface area contributed by atoms with Crippen LogP contribution in [0.2, 0.25) is 0 Å². The van der Waals surface area contributed by atoms with Crippen molar-refractivity contribution in [1.82, 2.24) is 19.9 Å². The third kappa shape index (κ3) is 3.51. The second-order valence-electron chi connectivity index (χ2n) is 4.93. The average Bonchev–Trinajstić information content (AvgIpc) is 2.65. The van der Waals surface area contributed by atoms with E-state index in [1.54, 1.807) is 0 Å². The molecule has 1 aliphatic heterocycles. The van der Waals surface area contributed by atoms with Gasteiger partial charge in [-0.2, -0.15) is 0 Å². The molecule has 0 spiro atoms. The van der Waals surface area contributed by atoms with Crippen LogP contribution in [0.25, 0.3) is 0 Å². The fraction of sp³-hybridized carbons (Fsp3) is 0.833. The molecule has 1 aromatic heterocycles. The van der Waals surface area contributed by atoms with E-state index in [-0.39, 0.29) is 0 Å². The lowest BCUT2D eigenvalue weighted by atomic mass is 10.1. The van der Waals surface area contributed by atoms with Crippen molar-refractivity contribution < 1.29 is 0 Å². The molecule has 0 saturated carbocycles. The van der Waals surface area contributed by atoms with Crippen LogP contribution < -0.4 is 5.73 Å². The van der Waals surface area contributed by atoms with Gasteiger partial charge in [0.25, 0.3) is 0 Å². The Morgan fingerprint density at radius 3 is 3.12 bits per heavy atom. The number of aromatic nitrogens is 3. The van der Waals surface area contributed by atoms with Crippen molar-refractivity contribution in [2.24, 2.45) is 5.73 Å². The zero-order valence-corrected chi connectivity index (χ0v) is 10.7. The van der Waals surface area contributed by atoms with Gasteiger partial charge in [0, 0.05) is 25.3 Å². The fourth-order valence-corrected chi connectivity index (χ4v) is 2.43. The normalized spacial score (nSPS) is 22.6. The number of hydrogen-bond acceptors (Lipinski definition) is 4. The molecule has 2 heterocycles. The van der Waals surface area contributed by atoms with E-state index in [1.807, 2.05) is 10.9 Å². The second kappa shape index (κ2) is 6.12. The van der Waals surface area contributed by atoms with Gasteiger partial charge < -0.3 is 5.73 Å². The Bertz CT molecular complexity index is 335. The Kier molecular flexibility index (Phi) is 4.50. The summed E-state index contributed by atoms with van der Waals surface area (Å²) in [6.07, 6.45) is 7.35. The zero-order valence-electron chi connectivity index (χ0n) is 10.7. The lowest BCUT2D eigenvalue weighted by Crippen LogP contribution is -2.32. The molecular formula is C12H23N5. The molecule has 2 N–H and O–H groups in total. The molecule has 96 valence electrons. The van der Waals surface area contributed by atoms with E-state index in [1.165, 1.54) is 32.2 Å². The Labute approximate surface area is 103 Å². The predicted octanol–water partition coefficient (Wildman–Crippen LogP) is 1.00. The third-order valence-electron chi connectivity index (χ3n) is 3.50. The van der Waals surface area contributed by atoms with E-state index in [4.69, 9.17) is 5.73 Å². The molecule has 0 radical (unpaired) electrons. The standard InChI is InChI=1S/C12H23N5/c1-11-5-3-2-4-7-16(11)9-12-10-17(8-6-13)15-14-12/h10-11H,2-9,13H2,1H3. The SMILES string of the molecule is CC1CCCCCN1Cc1cn(CCN)nn1. The first-order valence-electron chi connectivity index (χ1n) is 6.62. The fourth-order valence-electron chi connectivity index (χ4n) is 2.43. The third-order valence-corrected chi connectivity index (χ3v) is 3.50. The Morgan fingerprint density at radius 1 is 1.41 bits per heavy atom. The minimum atomic E-state index is 0.614. The number of hydrogen-bond donors (Lipinski definition) is 1. The first-order chi connectivity index (χ1) is 8.29. The summed E-state index contributed by atoms with van der Waals surface area (Å²) in [4.78, 5) is 2.52. The maximum atomic E-state index is 5.50. The van der Waals surface area contributed by atoms with Gasteiger partial charge in [-0.1, -0.05) is 18.1 Å². The lowest BCUT2D eigenvalue weighted by Gasteiger charge is -2.25. The van der Waals surface area contributed by atoms with Crippen LogP contribution in [0.1, 0.15) is 38.3 Å². The van der Waals surface area contributed by atoms with Gasteiger partial charge in [-0.3, -0.25) is 9.58 Å². The Hall–Kier alpha value is -0.940. The monoisotopic (exact) mass is 237 g/mol. The summed E-state index contributed by atoms with van der Waals surface area (Å²) in [6.45, 7) is 5.79. The number of nitrogens with two attached hydrogens (primary N) is 1. The topological polar surface area (TPSA) is 60.0 Å². The van der Waals surface area contributed by atoms with Crippen LogP contribution in [0.5, 0.6) is 0 Å². The summed E-state index contributed by atoms with van der Waals surface area (Å²) in [5.41, 5.74) is 6.56. The van der Waals surface area contributed by atoms with Crippen molar-refractivity contribution in [3.8, 4) is 0 Å². The van der Waals surface area contributed by atoms with Crippen molar-refractivity contribution in [3.05, 3.63) is 11.9 Å². The van der Waals surface area contributed by atoms with Crippen LogP contribution >= 0.6 is 0 Å². The van der Waals surface area contributed by atoms with Crippen molar-refractivity contribution >= 4 is 0 Å². The molecule has 2 rings (SSSR count). The lowest BCUT2D eigenvalue weighted by molar-refractivity contribution is 0.202. The molecule has 0 bridgehead atoms. The maximum absolute atomic E-state index is 5.50. The number of likely N-dealkylation sites (tertiary alicyclic amines) is 1. The van der Waals surface area contributed by atoms with E-state index < -0.39 is 0 Å². The van der Waals surface area contributed by atoms with Crippen molar-refractivity contribution in [1.29, 1.82) is 0 Å². The van der Waals surface area contributed by atoms with Gasteiger partial charge in [0.2, 0.25) is 0 Å². The van der Waals surface area contributed by atoms with Crippen LogP contribution in [0, 0.1) is 0 Å². The average molecular weight is 237 g/mol. The van der Waals surface area contributed by atoms with Gasteiger partial charge >= 0.3 is 0 Å². The second-order valence-corrected chi connectivity index (χ2v) is 4.93. The summed E-state index contributed by atoms with van der Waals surface area (Å²) in [6, 6.07) is 0.664.